The molecule has 144 valence electrons. The van der Waals surface area contributed by atoms with Gasteiger partial charge in [0.1, 0.15) is 0 Å². The molecule has 4 nitrogen and oxygen atoms in total. The molecule has 1 amide bonds. The minimum absolute atomic E-state index is 0.180. The van der Waals surface area contributed by atoms with Gasteiger partial charge in [0, 0.05) is 44.8 Å². The van der Waals surface area contributed by atoms with Crippen LogP contribution in [-0.4, -0.2) is 50.1 Å². The Balaban J connectivity index is 1.23. The van der Waals surface area contributed by atoms with E-state index in [1.807, 2.05) is 6.07 Å². The molecule has 4 heteroatoms. The third-order valence-corrected chi connectivity index (χ3v) is 5.18. The number of piperazine rings is 1. The predicted octanol–water partition coefficient (Wildman–Crippen LogP) is 3.34. The summed E-state index contributed by atoms with van der Waals surface area (Å²) >= 11 is 0. The van der Waals surface area contributed by atoms with Crippen LogP contribution in [0.3, 0.4) is 0 Å². The molecule has 1 aliphatic heterocycles. The van der Waals surface area contributed by atoms with Gasteiger partial charge in [0.25, 0.3) is 0 Å². The van der Waals surface area contributed by atoms with Gasteiger partial charge >= 0.3 is 0 Å². The smallest absolute Gasteiger partial charge is 0.220 e. The Hall–Kier alpha value is -2.33. The summed E-state index contributed by atoms with van der Waals surface area (Å²) in [5.74, 6) is 0.180. The lowest BCUT2D eigenvalue weighted by atomic mass is 10.1. The fourth-order valence-electron chi connectivity index (χ4n) is 3.59. The predicted molar refractivity (Wildman–Crippen MR) is 112 cm³/mol. The quantitative estimate of drug-likeness (QED) is 0.693. The maximum absolute atomic E-state index is 12.0. The second kappa shape index (κ2) is 10.7. The van der Waals surface area contributed by atoms with Gasteiger partial charge in [-0.05, 0) is 43.5 Å². The number of benzene rings is 2. The van der Waals surface area contributed by atoms with Crippen molar-refractivity contribution in [2.45, 2.75) is 25.7 Å². The van der Waals surface area contributed by atoms with Crippen molar-refractivity contribution in [1.29, 1.82) is 0 Å². The molecule has 0 saturated carbocycles. The average Bonchev–Trinajstić information content (AvgIpc) is 2.73. The van der Waals surface area contributed by atoms with Gasteiger partial charge in [0.15, 0.2) is 0 Å². The highest BCUT2D eigenvalue weighted by Crippen LogP contribution is 2.15. The van der Waals surface area contributed by atoms with E-state index in [9.17, 15) is 4.79 Å². The second-order valence-corrected chi connectivity index (χ2v) is 7.21. The summed E-state index contributed by atoms with van der Waals surface area (Å²) < 4.78 is 0. The van der Waals surface area contributed by atoms with Crippen molar-refractivity contribution < 1.29 is 4.79 Å². The van der Waals surface area contributed by atoms with Gasteiger partial charge in [0.05, 0.1) is 0 Å². The first-order valence-corrected chi connectivity index (χ1v) is 10.1. The van der Waals surface area contributed by atoms with E-state index in [2.05, 4.69) is 69.7 Å². The summed E-state index contributed by atoms with van der Waals surface area (Å²) in [6.07, 6.45) is 3.53. The lowest BCUT2D eigenvalue weighted by molar-refractivity contribution is -0.121. The molecule has 1 aliphatic rings. The van der Waals surface area contributed by atoms with Crippen LogP contribution in [0.2, 0.25) is 0 Å². The number of aryl methyl sites for hydroxylation is 1. The third-order valence-electron chi connectivity index (χ3n) is 5.18. The number of hydrogen-bond acceptors (Lipinski definition) is 3. The summed E-state index contributed by atoms with van der Waals surface area (Å²) in [6, 6.07) is 21.0. The van der Waals surface area contributed by atoms with Crippen molar-refractivity contribution >= 4 is 11.6 Å². The standard InChI is InChI=1S/C23H31N3O/c27-23(14-7-11-21-9-3-1-4-10-21)24-15-8-16-25-17-19-26(20-18-25)22-12-5-2-6-13-22/h1-6,9-10,12-13H,7-8,11,14-20H2,(H,24,27). The van der Waals surface area contributed by atoms with Crippen LogP contribution in [0.1, 0.15) is 24.8 Å². The fraction of sp³-hybridized carbons (Fsp3) is 0.435. The van der Waals surface area contributed by atoms with E-state index in [4.69, 9.17) is 0 Å². The number of nitrogens with zero attached hydrogens (tertiary/aromatic N) is 2. The number of nitrogens with one attached hydrogen (secondary N) is 1. The Morgan fingerprint density at radius 1 is 0.852 bits per heavy atom. The van der Waals surface area contributed by atoms with Crippen LogP contribution in [0.25, 0.3) is 0 Å². The summed E-state index contributed by atoms with van der Waals surface area (Å²) in [5, 5.41) is 3.07. The molecule has 1 saturated heterocycles. The van der Waals surface area contributed by atoms with Gasteiger partial charge in [-0.15, -0.1) is 0 Å². The Kier molecular flexibility index (Phi) is 7.72. The van der Waals surface area contributed by atoms with Crippen molar-refractivity contribution in [3.05, 3.63) is 66.2 Å². The lowest BCUT2D eigenvalue weighted by Gasteiger charge is -2.36. The molecule has 1 heterocycles. The van der Waals surface area contributed by atoms with Crippen LogP contribution in [0.5, 0.6) is 0 Å². The average molecular weight is 366 g/mol. The van der Waals surface area contributed by atoms with Crippen LogP contribution in [-0.2, 0) is 11.2 Å². The molecule has 0 unspecified atom stereocenters. The molecule has 1 fully saturated rings. The normalized spacial score (nSPS) is 14.9. The van der Waals surface area contributed by atoms with E-state index in [1.54, 1.807) is 0 Å². The summed E-state index contributed by atoms with van der Waals surface area (Å²) in [5.41, 5.74) is 2.62. The summed E-state index contributed by atoms with van der Waals surface area (Å²) in [4.78, 5) is 16.9. The van der Waals surface area contributed by atoms with Crippen molar-refractivity contribution in [3.63, 3.8) is 0 Å². The van der Waals surface area contributed by atoms with Gasteiger partial charge in [0.2, 0.25) is 5.91 Å². The van der Waals surface area contributed by atoms with E-state index in [0.29, 0.717) is 6.42 Å². The molecule has 1 N–H and O–H groups in total. The monoisotopic (exact) mass is 365 g/mol. The number of carbonyl (C=O) groups excluding carboxylic acids is 1. The van der Waals surface area contributed by atoms with Gasteiger partial charge in [-0.25, -0.2) is 0 Å². The van der Waals surface area contributed by atoms with Gasteiger partial charge < -0.3 is 10.2 Å². The van der Waals surface area contributed by atoms with Crippen LogP contribution in [0, 0.1) is 0 Å². The second-order valence-electron chi connectivity index (χ2n) is 7.21. The van der Waals surface area contributed by atoms with Crippen molar-refractivity contribution in [2.24, 2.45) is 0 Å². The number of amides is 1. The molecule has 2 aromatic rings. The summed E-state index contributed by atoms with van der Waals surface area (Å²) in [7, 11) is 0. The molecule has 0 radical (unpaired) electrons. The molecule has 0 bridgehead atoms. The van der Waals surface area contributed by atoms with Crippen LogP contribution in [0.4, 0.5) is 5.69 Å². The molecular weight excluding hydrogens is 334 g/mol. The third kappa shape index (κ3) is 6.72. The first kappa shape index (κ1) is 19.4. The summed E-state index contributed by atoms with van der Waals surface area (Å²) in [6.45, 7) is 6.20. The maximum atomic E-state index is 12.0. The van der Waals surface area contributed by atoms with E-state index >= 15 is 0 Å². The maximum Gasteiger partial charge on any atom is 0.220 e. The molecule has 3 rings (SSSR count). The van der Waals surface area contributed by atoms with E-state index in [0.717, 1.165) is 58.5 Å². The zero-order valence-corrected chi connectivity index (χ0v) is 16.1. The largest absolute Gasteiger partial charge is 0.369 e. The molecule has 0 spiro atoms. The van der Waals surface area contributed by atoms with Crippen LogP contribution in [0.15, 0.2) is 60.7 Å². The number of rotatable bonds is 9. The van der Waals surface area contributed by atoms with Gasteiger partial charge in [-0.3, -0.25) is 9.69 Å². The van der Waals surface area contributed by atoms with E-state index in [1.165, 1.54) is 11.3 Å². The van der Waals surface area contributed by atoms with E-state index in [-0.39, 0.29) is 5.91 Å². The first-order chi connectivity index (χ1) is 13.3. The van der Waals surface area contributed by atoms with Gasteiger partial charge in [-0.2, -0.15) is 0 Å². The zero-order valence-electron chi connectivity index (χ0n) is 16.1. The Bertz CT molecular complexity index is 667. The van der Waals surface area contributed by atoms with E-state index < -0.39 is 0 Å². The highest BCUT2D eigenvalue weighted by atomic mass is 16.1. The number of carbonyl (C=O) groups is 1. The van der Waals surface area contributed by atoms with Crippen molar-refractivity contribution in [2.75, 3.05) is 44.2 Å². The molecule has 0 atom stereocenters. The molecule has 0 aliphatic carbocycles. The molecule has 27 heavy (non-hydrogen) atoms. The molecule has 0 aromatic heterocycles. The number of para-hydroxylation sites is 1. The Labute approximate surface area is 163 Å². The van der Waals surface area contributed by atoms with Crippen molar-refractivity contribution in [3.8, 4) is 0 Å². The van der Waals surface area contributed by atoms with Crippen LogP contribution < -0.4 is 10.2 Å². The zero-order chi connectivity index (χ0) is 18.7. The fourth-order valence-corrected chi connectivity index (χ4v) is 3.59. The highest BCUT2D eigenvalue weighted by molar-refractivity contribution is 5.75. The first-order valence-electron chi connectivity index (χ1n) is 10.1. The minimum Gasteiger partial charge on any atom is -0.369 e. The number of hydrogen-bond donors (Lipinski definition) is 1. The Morgan fingerprint density at radius 3 is 2.22 bits per heavy atom. The number of anilines is 1. The highest BCUT2D eigenvalue weighted by Gasteiger charge is 2.16. The minimum atomic E-state index is 0.180. The van der Waals surface area contributed by atoms with Gasteiger partial charge in [-0.1, -0.05) is 48.5 Å². The van der Waals surface area contributed by atoms with Crippen LogP contribution >= 0.6 is 0 Å². The molecule has 2 aromatic carbocycles. The molecular formula is C23H31N3O. The topological polar surface area (TPSA) is 35.6 Å². The SMILES string of the molecule is O=C(CCCc1ccccc1)NCCCN1CCN(c2ccccc2)CC1. The Morgan fingerprint density at radius 2 is 1.52 bits per heavy atom. The lowest BCUT2D eigenvalue weighted by Crippen LogP contribution is -2.47. The van der Waals surface area contributed by atoms with Crippen molar-refractivity contribution in [1.82, 2.24) is 10.2 Å².